The second kappa shape index (κ2) is 66.8. The lowest BCUT2D eigenvalue weighted by Crippen LogP contribution is -2.30. The van der Waals surface area contributed by atoms with Crippen LogP contribution in [-0.2, 0) is 28.6 Å². The van der Waals surface area contributed by atoms with Gasteiger partial charge < -0.3 is 14.2 Å². The van der Waals surface area contributed by atoms with Crippen molar-refractivity contribution in [2.24, 2.45) is 0 Å². The molecule has 1 atom stereocenters. The summed E-state index contributed by atoms with van der Waals surface area (Å²) in [4.78, 5) is 38.4. The van der Waals surface area contributed by atoms with E-state index in [1.54, 1.807) is 0 Å². The molecule has 0 N–H and O–H groups in total. The second-order valence-electron chi connectivity index (χ2n) is 21.3. The van der Waals surface area contributed by atoms with E-state index in [0.717, 1.165) is 161 Å². The lowest BCUT2D eigenvalue weighted by Gasteiger charge is -2.18. The molecule has 0 rings (SSSR count). The Bertz CT molecular complexity index is 1750. The summed E-state index contributed by atoms with van der Waals surface area (Å²) in [6.45, 7) is 6.38. The molecular weight excluding hydrogens is 985 g/mol. The van der Waals surface area contributed by atoms with Crippen molar-refractivity contribution in [3.63, 3.8) is 0 Å². The third-order valence-electron chi connectivity index (χ3n) is 13.6. The van der Waals surface area contributed by atoms with Gasteiger partial charge in [0.25, 0.3) is 0 Å². The summed E-state index contributed by atoms with van der Waals surface area (Å²) in [6, 6.07) is 0. The Hall–Kier alpha value is -4.71. The number of ether oxygens (including phenoxy) is 3. The van der Waals surface area contributed by atoms with E-state index in [0.29, 0.717) is 19.3 Å². The van der Waals surface area contributed by atoms with Crippen molar-refractivity contribution >= 4 is 17.9 Å². The molecule has 0 amide bonds. The predicted octanol–water partition coefficient (Wildman–Crippen LogP) is 22.7. The minimum absolute atomic E-state index is 0.0988. The molecule has 0 radical (unpaired) electrons. The average molecular weight is 1110 g/mol. The van der Waals surface area contributed by atoms with Crippen molar-refractivity contribution < 1.29 is 28.6 Å². The molecule has 1 unspecified atom stereocenters. The van der Waals surface area contributed by atoms with Gasteiger partial charge in [-0.1, -0.05) is 269 Å². The van der Waals surface area contributed by atoms with E-state index in [1.807, 2.05) is 0 Å². The largest absolute Gasteiger partial charge is 0.462 e. The van der Waals surface area contributed by atoms with Gasteiger partial charge in [-0.05, 0) is 141 Å². The second-order valence-corrected chi connectivity index (χ2v) is 21.3. The van der Waals surface area contributed by atoms with Crippen LogP contribution >= 0.6 is 0 Å². The maximum absolute atomic E-state index is 12.9. The van der Waals surface area contributed by atoms with Crippen molar-refractivity contribution in [2.45, 2.75) is 290 Å². The molecule has 0 aliphatic rings. The van der Waals surface area contributed by atoms with Crippen LogP contribution < -0.4 is 0 Å². The molecule has 80 heavy (non-hydrogen) atoms. The van der Waals surface area contributed by atoms with Gasteiger partial charge in [-0.25, -0.2) is 0 Å². The molecule has 6 heteroatoms. The number of esters is 3. The quantitative estimate of drug-likeness (QED) is 0.0261. The smallest absolute Gasteiger partial charge is 0.306 e. The average Bonchev–Trinajstić information content (AvgIpc) is 3.46. The molecule has 0 aliphatic heterocycles. The van der Waals surface area contributed by atoms with E-state index < -0.39 is 6.10 Å². The van der Waals surface area contributed by atoms with E-state index in [-0.39, 0.29) is 31.1 Å². The van der Waals surface area contributed by atoms with E-state index in [1.165, 1.54) is 83.5 Å². The van der Waals surface area contributed by atoms with Crippen molar-refractivity contribution in [3.05, 3.63) is 146 Å². The van der Waals surface area contributed by atoms with Crippen LogP contribution in [0.5, 0.6) is 0 Å². The van der Waals surface area contributed by atoms with Crippen LogP contribution in [0.3, 0.4) is 0 Å². The third kappa shape index (κ3) is 64.1. The fourth-order valence-electron chi connectivity index (χ4n) is 8.70. The van der Waals surface area contributed by atoms with Crippen LogP contribution in [0.4, 0.5) is 0 Å². The first-order chi connectivity index (χ1) is 39.5. The molecule has 0 aromatic heterocycles. The fourth-order valence-corrected chi connectivity index (χ4v) is 8.70. The maximum Gasteiger partial charge on any atom is 0.306 e. The van der Waals surface area contributed by atoms with Gasteiger partial charge in [0.2, 0.25) is 0 Å². The predicted molar refractivity (Wildman–Crippen MR) is 348 cm³/mol. The van der Waals surface area contributed by atoms with E-state index in [2.05, 4.69) is 167 Å². The topological polar surface area (TPSA) is 78.9 Å². The molecule has 0 aliphatic carbocycles. The molecule has 0 aromatic carbocycles. The highest BCUT2D eigenvalue weighted by Crippen LogP contribution is 2.15. The van der Waals surface area contributed by atoms with Crippen LogP contribution in [0.25, 0.3) is 0 Å². The summed E-state index contributed by atoms with van der Waals surface area (Å²) >= 11 is 0. The third-order valence-corrected chi connectivity index (χ3v) is 13.6. The highest BCUT2D eigenvalue weighted by Gasteiger charge is 2.19. The van der Waals surface area contributed by atoms with E-state index in [9.17, 15) is 14.4 Å². The number of allylic oxidation sites excluding steroid dienone is 24. The first-order valence-corrected chi connectivity index (χ1v) is 32.8. The first-order valence-electron chi connectivity index (χ1n) is 32.8. The van der Waals surface area contributed by atoms with Gasteiger partial charge in [0, 0.05) is 19.3 Å². The molecule has 452 valence electrons. The molecule has 6 nitrogen and oxygen atoms in total. The molecule has 0 fully saturated rings. The van der Waals surface area contributed by atoms with Crippen LogP contribution in [-0.4, -0.2) is 37.2 Å². The Morgan fingerprint density at radius 2 is 0.487 bits per heavy atom. The zero-order valence-electron chi connectivity index (χ0n) is 51.8. The highest BCUT2D eigenvalue weighted by molar-refractivity contribution is 5.71. The Balaban J connectivity index is 4.44. The van der Waals surface area contributed by atoms with Gasteiger partial charge in [0.1, 0.15) is 13.2 Å². The van der Waals surface area contributed by atoms with Gasteiger partial charge in [-0.3, -0.25) is 14.4 Å². The van der Waals surface area contributed by atoms with Gasteiger partial charge in [-0.15, -0.1) is 0 Å². The molecule has 0 spiro atoms. The number of unbranched alkanes of at least 4 members (excludes halogenated alkanes) is 23. The summed E-state index contributed by atoms with van der Waals surface area (Å²) in [5.74, 6) is -0.941. The molecule has 0 saturated heterocycles. The van der Waals surface area contributed by atoms with Crippen LogP contribution in [0.1, 0.15) is 284 Å². The van der Waals surface area contributed by atoms with Crippen molar-refractivity contribution in [3.8, 4) is 0 Å². The molecule has 0 heterocycles. The molecular formula is C74H120O6. The molecule has 0 bridgehead atoms. The van der Waals surface area contributed by atoms with Gasteiger partial charge >= 0.3 is 17.9 Å². The summed E-state index contributed by atoms with van der Waals surface area (Å²) in [5.41, 5.74) is 0. The molecule has 0 saturated carbocycles. The summed E-state index contributed by atoms with van der Waals surface area (Å²) < 4.78 is 16.9. The SMILES string of the molecule is CC/C=C\C/C=C\C/C=C\C/C=C\C/C=C\C/C=C\C/C=C\C/C=C\CCCCCCC(=O)OCC(COC(=O)CCCCCCC/C=C\CCCCCCCCC)OC(=O)CCCCCCCCC/C=C\C/C=C\C/C=C\CC. The Morgan fingerprint density at radius 3 is 0.775 bits per heavy atom. The number of rotatable bonds is 58. The van der Waals surface area contributed by atoms with Crippen LogP contribution in [0, 0.1) is 0 Å². The standard InChI is InChI=1S/C74H120O6/c1-4-7-10-13-16-19-22-25-28-31-32-33-34-35-36-37-38-39-40-41-42-44-46-49-52-55-58-61-64-67-73(76)79-70-71(69-78-72(75)66-63-60-57-54-51-48-45-30-27-24-21-18-15-12-9-6-3)80-74(77)68-65-62-59-56-53-50-47-43-29-26-23-20-17-14-11-8-5-2/h7-8,10-11,16-17,19-20,25-26,28-30,32-33,35-36,38-39,41-42,45-46,49,71H,4-6,9,12-15,18,21-24,27,31,34,37,40,43-44,47-48,50-70H2,1-3H3/b10-7-,11-8-,19-16-,20-17-,28-25-,29-26-,33-32-,36-35-,39-38-,42-41-,45-30-,49-46-. The Labute approximate surface area is 493 Å². The van der Waals surface area contributed by atoms with Gasteiger partial charge in [0.15, 0.2) is 6.10 Å². The number of carbonyl (C=O) groups is 3. The summed E-state index contributed by atoms with van der Waals surface area (Å²) in [5, 5.41) is 0. The normalized spacial score (nSPS) is 13.1. The summed E-state index contributed by atoms with van der Waals surface area (Å²) in [6.07, 6.45) is 95.6. The summed E-state index contributed by atoms with van der Waals surface area (Å²) in [7, 11) is 0. The minimum Gasteiger partial charge on any atom is -0.462 e. The number of hydrogen-bond donors (Lipinski definition) is 0. The van der Waals surface area contributed by atoms with Crippen molar-refractivity contribution in [2.75, 3.05) is 13.2 Å². The van der Waals surface area contributed by atoms with Gasteiger partial charge in [0.05, 0.1) is 0 Å². The zero-order chi connectivity index (χ0) is 57.8. The van der Waals surface area contributed by atoms with E-state index in [4.69, 9.17) is 14.2 Å². The highest BCUT2D eigenvalue weighted by atomic mass is 16.6. The Morgan fingerprint density at radius 1 is 0.263 bits per heavy atom. The monoisotopic (exact) mass is 1100 g/mol. The molecule has 0 aromatic rings. The maximum atomic E-state index is 12.9. The van der Waals surface area contributed by atoms with Crippen molar-refractivity contribution in [1.29, 1.82) is 0 Å². The zero-order valence-corrected chi connectivity index (χ0v) is 51.8. The van der Waals surface area contributed by atoms with Crippen molar-refractivity contribution in [1.82, 2.24) is 0 Å². The van der Waals surface area contributed by atoms with Crippen LogP contribution in [0.15, 0.2) is 146 Å². The lowest BCUT2D eigenvalue weighted by atomic mass is 10.1. The first kappa shape index (κ1) is 75.3. The number of hydrogen-bond acceptors (Lipinski definition) is 6. The number of carbonyl (C=O) groups excluding carboxylic acids is 3. The Kier molecular flexibility index (Phi) is 62.9. The lowest BCUT2D eigenvalue weighted by molar-refractivity contribution is -0.167. The fraction of sp³-hybridized carbons (Fsp3) is 0.635. The van der Waals surface area contributed by atoms with Gasteiger partial charge in [-0.2, -0.15) is 0 Å². The van der Waals surface area contributed by atoms with E-state index >= 15 is 0 Å². The minimum atomic E-state index is -0.805. The van der Waals surface area contributed by atoms with Crippen LogP contribution in [0.2, 0.25) is 0 Å².